The average molecular weight is 491 g/mol. The highest BCUT2D eigenvalue weighted by molar-refractivity contribution is 7.15. The molecule has 8 heteroatoms. The Bertz CT molecular complexity index is 1250. The predicted octanol–water partition coefficient (Wildman–Crippen LogP) is 5.24. The van der Waals surface area contributed by atoms with Crippen molar-refractivity contribution in [3.63, 3.8) is 0 Å². The van der Waals surface area contributed by atoms with E-state index in [2.05, 4.69) is 15.3 Å². The maximum Gasteiger partial charge on any atom is 0.259 e. The number of methoxy groups -OCH3 is 1. The molecule has 0 saturated heterocycles. The van der Waals surface area contributed by atoms with E-state index in [9.17, 15) is 9.59 Å². The summed E-state index contributed by atoms with van der Waals surface area (Å²) in [6, 6.07) is 9.53. The summed E-state index contributed by atoms with van der Waals surface area (Å²) in [5.74, 6) is 0.876. The van der Waals surface area contributed by atoms with Crippen LogP contribution in [0.3, 0.4) is 0 Å². The molecule has 35 heavy (non-hydrogen) atoms. The molecule has 1 aliphatic heterocycles. The van der Waals surface area contributed by atoms with Gasteiger partial charge in [0, 0.05) is 46.8 Å². The molecule has 0 atom stereocenters. The van der Waals surface area contributed by atoms with Crippen molar-refractivity contribution < 1.29 is 14.3 Å². The van der Waals surface area contributed by atoms with Gasteiger partial charge in [0.25, 0.3) is 5.91 Å². The fourth-order valence-electron chi connectivity index (χ4n) is 5.04. The number of pyridine rings is 1. The fourth-order valence-corrected chi connectivity index (χ4v) is 6.06. The number of hydrogen-bond donors (Lipinski definition) is 1. The van der Waals surface area contributed by atoms with Gasteiger partial charge in [-0.2, -0.15) is 0 Å². The number of thiazole rings is 1. The smallest absolute Gasteiger partial charge is 0.259 e. The van der Waals surface area contributed by atoms with Crippen molar-refractivity contribution in [2.24, 2.45) is 5.92 Å². The quantitative estimate of drug-likeness (QED) is 0.529. The number of benzene rings is 1. The van der Waals surface area contributed by atoms with Crippen molar-refractivity contribution in [3.05, 3.63) is 58.4 Å². The van der Waals surface area contributed by atoms with Crippen LogP contribution in [0.1, 0.15) is 58.7 Å². The molecule has 5 rings (SSSR count). The largest absolute Gasteiger partial charge is 0.496 e. The fraction of sp³-hybridized carbons (Fsp3) is 0.407. The minimum atomic E-state index is -0.264. The van der Waals surface area contributed by atoms with Crippen molar-refractivity contribution in [3.8, 4) is 16.9 Å². The van der Waals surface area contributed by atoms with E-state index in [4.69, 9.17) is 4.74 Å². The number of aromatic nitrogens is 2. The molecule has 3 heterocycles. The van der Waals surface area contributed by atoms with E-state index in [-0.39, 0.29) is 17.7 Å². The number of fused-ring (bicyclic) bond motifs is 1. The normalized spacial score (nSPS) is 16.0. The van der Waals surface area contributed by atoms with Crippen LogP contribution in [0.2, 0.25) is 0 Å². The van der Waals surface area contributed by atoms with Gasteiger partial charge in [0.15, 0.2) is 5.13 Å². The van der Waals surface area contributed by atoms with Crippen LogP contribution in [0.4, 0.5) is 5.13 Å². The lowest BCUT2D eigenvalue weighted by Gasteiger charge is -2.31. The minimum Gasteiger partial charge on any atom is -0.496 e. The van der Waals surface area contributed by atoms with E-state index in [1.807, 2.05) is 42.2 Å². The van der Waals surface area contributed by atoms with Gasteiger partial charge in [-0.05, 0) is 31.9 Å². The Morgan fingerprint density at radius 2 is 1.94 bits per heavy atom. The Morgan fingerprint density at radius 1 is 1.14 bits per heavy atom. The van der Waals surface area contributed by atoms with Crippen molar-refractivity contribution >= 4 is 28.3 Å². The van der Waals surface area contributed by atoms with E-state index in [1.54, 1.807) is 13.3 Å². The van der Waals surface area contributed by atoms with Crippen LogP contribution in [0, 0.1) is 12.8 Å². The summed E-state index contributed by atoms with van der Waals surface area (Å²) in [4.78, 5) is 38.4. The maximum absolute atomic E-state index is 13.3. The molecule has 0 unspecified atom stereocenters. The number of anilines is 1. The maximum atomic E-state index is 13.3. The number of carbonyl (C=O) groups excluding carboxylic acids is 2. The zero-order valence-electron chi connectivity index (χ0n) is 20.2. The third kappa shape index (κ3) is 4.93. The average Bonchev–Trinajstić information content (AvgIpc) is 3.30. The molecule has 0 spiro atoms. The molecule has 182 valence electrons. The lowest BCUT2D eigenvalue weighted by atomic mass is 9.88. The van der Waals surface area contributed by atoms with Crippen molar-refractivity contribution in [1.29, 1.82) is 0 Å². The number of ether oxygens (including phenoxy) is 1. The number of nitrogens with zero attached hydrogens (tertiary/aromatic N) is 3. The van der Waals surface area contributed by atoms with Crippen LogP contribution < -0.4 is 10.1 Å². The number of para-hydroxylation sites is 1. The molecule has 1 fully saturated rings. The summed E-state index contributed by atoms with van der Waals surface area (Å²) < 4.78 is 5.53. The highest BCUT2D eigenvalue weighted by Gasteiger charge is 2.30. The topological polar surface area (TPSA) is 84.4 Å². The van der Waals surface area contributed by atoms with Crippen LogP contribution in [-0.4, -0.2) is 40.3 Å². The Morgan fingerprint density at radius 3 is 2.74 bits per heavy atom. The molecule has 0 radical (unpaired) electrons. The second kappa shape index (κ2) is 10.2. The number of rotatable bonds is 5. The molecule has 2 amide bonds. The molecule has 2 aliphatic rings. The van der Waals surface area contributed by atoms with Gasteiger partial charge >= 0.3 is 0 Å². The first-order valence-electron chi connectivity index (χ1n) is 12.2. The van der Waals surface area contributed by atoms with Gasteiger partial charge in [-0.25, -0.2) is 4.98 Å². The molecular weight excluding hydrogens is 460 g/mol. The molecule has 0 bridgehead atoms. The van der Waals surface area contributed by atoms with Gasteiger partial charge in [0.05, 0.1) is 24.9 Å². The second-order valence-corrected chi connectivity index (χ2v) is 10.3. The number of carbonyl (C=O) groups is 2. The molecule has 1 aromatic carbocycles. The number of nitrogens with one attached hydrogen (secondary N) is 1. The highest BCUT2D eigenvalue weighted by atomic mass is 32.1. The number of aryl methyl sites for hydroxylation is 1. The monoisotopic (exact) mass is 490 g/mol. The summed E-state index contributed by atoms with van der Waals surface area (Å²) in [5, 5.41) is 3.53. The van der Waals surface area contributed by atoms with E-state index >= 15 is 0 Å². The lowest BCUT2D eigenvalue weighted by molar-refractivity contribution is -0.137. The van der Waals surface area contributed by atoms with Crippen LogP contribution >= 0.6 is 11.3 Å². The zero-order valence-corrected chi connectivity index (χ0v) is 21.0. The van der Waals surface area contributed by atoms with E-state index in [0.717, 1.165) is 59.5 Å². The van der Waals surface area contributed by atoms with Gasteiger partial charge in [-0.1, -0.05) is 48.8 Å². The zero-order chi connectivity index (χ0) is 24.4. The van der Waals surface area contributed by atoms with Gasteiger partial charge < -0.3 is 9.64 Å². The lowest BCUT2D eigenvalue weighted by Crippen LogP contribution is -2.40. The first kappa shape index (κ1) is 23.5. The summed E-state index contributed by atoms with van der Waals surface area (Å²) in [6.07, 6.45) is 7.87. The Labute approximate surface area is 209 Å². The third-order valence-corrected chi connectivity index (χ3v) is 7.90. The number of hydrogen-bond acceptors (Lipinski definition) is 6. The van der Waals surface area contributed by atoms with Gasteiger partial charge in [0.1, 0.15) is 5.75 Å². The highest BCUT2D eigenvalue weighted by Crippen LogP contribution is 2.34. The van der Waals surface area contributed by atoms with Gasteiger partial charge in [0.2, 0.25) is 5.91 Å². The van der Waals surface area contributed by atoms with Crippen molar-refractivity contribution in [2.45, 2.75) is 52.0 Å². The first-order valence-corrected chi connectivity index (χ1v) is 13.0. The minimum absolute atomic E-state index is 0.167. The van der Waals surface area contributed by atoms with Crippen LogP contribution in [0.5, 0.6) is 5.75 Å². The van der Waals surface area contributed by atoms with Gasteiger partial charge in [-0.3, -0.25) is 19.9 Å². The molecule has 7 nitrogen and oxygen atoms in total. The van der Waals surface area contributed by atoms with Crippen LogP contribution in [0.15, 0.2) is 36.5 Å². The summed E-state index contributed by atoms with van der Waals surface area (Å²) in [7, 11) is 1.62. The third-order valence-electron chi connectivity index (χ3n) is 6.90. The van der Waals surface area contributed by atoms with Crippen molar-refractivity contribution in [1.82, 2.24) is 14.9 Å². The summed E-state index contributed by atoms with van der Waals surface area (Å²) in [5.41, 5.74) is 3.85. The Hall–Kier alpha value is -3.26. The van der Waals surface area contributed by atoms with Crippen LogP contribution in [0.25, 0.3) is 11.1 Å². The van der Waals surface area contributed by atoms with Gasteiger partial charge in [-0.15, -0.1) is 0 Å². The Balaban J connectivity index is 1.34. The summed E-state index contributed by atoms with van der Waals surface area (Å²) >= 11 is 1.46. The molecule has 2 aromatic heterocycles. The molecular formula is C27H30N4O3S. The predicted molar refractivity (Wildman–Crippen MR) is 137 cm³/mol. The molecule has 1 N–H and O–H groups in total. The van der Waals surface area contributed by atoms with Crippen molar-refractivity contribution in [2.75, 3.05) is 19.0 Å². The summed E-state index contributed by atoms with van der Waals surface area (Å²) in [6.45, 7) is 3.17. The Kier molecular flexibility index (Phi) is 6.81. The van der Waals surface area contributed by atoms with E-state index in [0.29, 0.717) is 29.5 Å². The molecule has 3 aromatic rings. The standard InChI is InChI=1S/C27H30N4O3S/c1-17-14-20(19-10-6-7-11-23(19)34-2)21(15-28-17)25(32)30-27-29-22-12-13-31(16-24(22)35-27)26(33)18-8-4-3-5-9-18/h6-7,10-11,14-15,18H,3-5,8-9,12-13,16H2,1-2H3,(H,29,30,32). The molecule has 1 saturated carbocycles. The van der Waals surface area contributed by atoms with E-state index in [1.165, 1.54) is 17.8 Å². The van der Waals surface area contributed by atoms with Crippen LogP contribution in [-0.2, 0) is 17.8 Å². The second-order valence-electron chi connectivity index (χ2n) is 9.26. The first-order chi connectivity index (χ1) is 17.0. The molecule has 1 aliphatic carbocycles. The van der Waals surface area contributed by atoms with E-state index < -0.39 is 0 Å². The number of amides is 2. The SMILES string of the molecule is COc1ccccc1-c1cc(C)ncc1C(=O)Nc1nc2c(s1)CN(C(=O)C1CCCCC1)CC2.